The molecule has 6 rings (SSSR count). The van der Waals surface area contributed by atoms with Crippen LogP contribution in [0.2, 0.25) is 0 Å². The lowest BCUT2D eigenvalue weighted by molar-refractivity contribution is -0.132. The fourth-order valence-corrected chi connectivity index (χ4v) is 8.52. The van der Waals surface area contributed by atoms with Gasteiger partial charge >= 0.3 is 0 Å². The average Bonchev–Trinajstić information content (AvgIpc) is 4.24. The van der Waals surface area contributed by atoms with Gasteiger partial charge in [0.2, 0.25) is 17.7 Å². The molecule has 76 heavy (non-hydrogen) atoms. The van der Waals surface area contributed by atoms with Crippen molar-refractivity contribution < 1.29 is 62.0 Å². The molecule has 25 nitrogen and oxygen atoms in total. The van der Waals surface area contributed by atoms with E-state index in [1.807, 2.05) is 10.8 Å². The summed E-state index contributed by atoms with van der Waals surface area (Å²) < 4.78 is 36.1. The lowest BCUT2D eigenvalue weighted by Crippen LogP contribution is -2.48. The summed E-state index contributed by atoms with van der Waals surface area (Å²) in [5, 5.41) is 23.0. The highest BCUT2D eigenvalue weighted by molar-refractivity contribution is 7.15. The first-order valence-corrected chi connectivity index (χ1v) is 26.0. The van der Waals surface area contributed by atoms with Crippen LogP contribution in [0.4, 0.5) is 11.4 Å². The Balaban J connectivity index is 0.783. The van der Waals surface area contributed by atoms with Crippen LogP contribution in [-0.4, -0.2) is 166 Å². The standard InChI is InChI=1S/C49H62N12O13S2/c1-69-39-9-7-32(55-46(67)37-28-60-16-24-75-48(60)58-37)26-34(39)43(64)53-14-18-71-20-22-73-30-41(62)51-12-4-3-6-36(45(66)52-13-5-11-50)57-42(63)31-74-23-21-72-19-15-54-44(65)35-27-33(8-10-40(35)70-2)56-47(68)38-29-61-17-25-76-49(61)59-38/h7-10,16-17,24-29,36H,3-6,11-15,18-23,30-31,50H2,1-2H3,(H,51,62)(H,52,66)(H,53,64)(H,54,65)(H,55,67)(H,56,68)(H,57,63)/t36-/m0/s1. The van der Waals surface area contributed by atoms with Gasteiger partial charge in [-0.3, -0.25) is 42.4 Å². The number of ether oxygens (including phenoxy) is 6. The third-order valence-corrected chi connectivity index (χ3v) is 12.4. The number of methoxy groups -OCH3 is 2. The van der Waals surface area contributed by atoms with E-state index in [0.29, 0.717) is 78.1 Å². The van der Waals surface area contributed by atoms with Crippen LogP contribution in [0.15, 0.2) is 71.9 Å². The predicted molar refractivity (Wildman–Crippen MR) is 281 cm³/mol. The van der Waals surface area contributed by atoms with E-state index in [2.05, 4.69) is 47.2 Å². The van der Waals surface area contributed by atoms with E-state index in [-0.39, 0.29) is 100 Å². The molecule has 0 aliphatic carbocycles. The summed E-state index contributed by atoms with van der Waals surface area (Å²) in [6.07, 6.45) is 8.74. The number of amides is 7. The molecule has 0 fully saturated rings. The molecule has 0 saturated carbocycles. The Hall–Kier alpha value is -7.53. The molecule has 2 aromatic carbocycles. The van der Waals surface area contributed by atoms with Gasteiger partial charge in [-0.1, -0.05) is 0 Å². The maximum atomic E-state index is 13.0. The Bertz CT molecular complexity index is 2830. The van der Waals surface area contributed by atoms with Crippen molar-refractivity contribution in [3.05, 3.63) is 94.5 Å². The summed E-state index contributed by atoms with van der Waals surface area (Å²) in [6, 6.07) is 8.58. The Morgan fingerprint density at radius 2 is 1.08 bits per heavy atom. The summed E-state index contributed by atoms with van der Waals surface area (Å²) in [5.74, 6) is -2.28. The maximum Gasteiger partial charge on any atom is 0.275 e. The number of hydrogen-bond acceptors (Lipinski definition) is 18. The first-order chi connectivity index (χ1) is 37.0. The lowest BCUT2D eigenvalue weighted by atomic mass is 10.1. The highest BCUT2D eigenvalue weighted by Gasteiger charge is 2.22. The minimum atomic E-state index is -0.842. The third-order valence-electron chi connectivity index (χ3n) is 10.9. The van der Waals surface area contributed by atoms with Crippen molar-refractivity contribution in [1.29, 1.82) is 0 Å². The maximum absolute atomic E-state index is 13.0. The fraction of sp³-hybridized carbons (Fsp3) is 0.408. The molecule has 1 atom stereocenters. The number of anilines is 2. The van der Waals surface area contributed by atoms with Crippen molar-refractivity contribution in [1.82, 2.24) is 45.4 Å². The van der Waals surface area contributed by atoms with E-state index < -0.39 is 35.6 Å². The van der Waals surface area contributed by atoms with Gasteiger partial charge in [0.1, 0.15) is 42.1 Å². The summed E-state index contributed by atoms with van der Waals surface area (Å²) in [5.41, 5.74) is 7.25. The van der Waals surface area contributed by atoms with Crippen LogP contribution < -0.4 is 52.4 Å². The lowest BCUT2D eigenvalue weighted by Gasteiger charge is -2.18. The molecular weight excluding hydrogens is 1030 g/mol. The van der Waals surface area contributed by atoms with Crippen molar-refractivity contribution in [2.45, 2.75) is 31.7 Å². The second-order valence-corrected chi connectivity index (χ2v) is 18.2. The molecule has 0 aliphatic rings. The second kappa shape index (κ2) is 30.7. The number of nitrogens with two attached hydrogens (primary N) is 1. The SMILES string of the molecule is COc1ccc(NC(=O)c2cn3ccsc3n2)cc1C(=O)NCCOCCOCC(=O)NCCCC[C@H](NC(=O)COCCOCCNC(=O)c1cc(NC(=O)c2cn3ccsc3n2)ccc1OC)C(=O)NCCCN. The molecule has 0 saturated heterocycles. The molecule has 4 aromatic heterocycles. The Morgan fingerprint density at radius 3 is 1.58 bits per heavy atom. The number of thiazole rings is 2. The van der Waals surface area contributed by atoms with E-state index in [4.69, 9.17) is 34.2 Å². The minimum Gasteiger partial charge on any atom is -0.496 e. The molecule has 9 N–H and O–H groups in total. The first kappa shape index (κ1) is 57.7. The molecule has 0 spiro atoms. The monoisotopic (exact) mass is 1090 g/mol. The molecule has 0 bridgehead atoms. The van der Waals surface area contributed by atoms with Crippen LogP contribution in [-0.2, 0) is 33.3 Å². The average molecular weight is 1090 g/mol. The number of aromatic nitrogens is 4. The number of rotatable bonds is 34. The normalized spacial score (nSPS) is 11.5. The van der Waals surface area contributed by atoms with Gasteiger partial charge < -0.3 is 71.4 Å². The Morgan fingerprint density at radius 1 is 0.579 bits per heavy atom. The number of nitrogens with one attached hydrogen (secondary N) is 7. The Labute approximate surface area is 444 Å². The van der Waals surface area contributed by atoms with E-state index in [0.717, 1.165) is 0 Å². The summed E-state index contributed by atoms with van der Waals surface area (Å²) >= 11 is 2.81. The van der Waals surface area contributed by atoms with Crippen LogP contribution in [0.25, 0.3) is 9.92 Å². The smallest absolute Gasteiger partial charge is 0.275 e. The number of benzene rings is 2. The van der Waals surface area contributed by atoms with Gasteiger partial charge in [0.05, 0.1) is 65.0 Å². The zero-order valence-corrected chi connectivity index (χ0v) is 43.6. The van der Waals surface area contributed by atoms with Gasteiger partial charge in [0.25, 0.3) is 23.6 Å². The van der Waals surface area contributed by atoms with Crippen molar-refractivity contribution in [2.24, 2.45) is 5.73 Å². The number of carbonyl (C=O) groups excluding carboxylic acids is 7. The number of fused-ring (bicyclic) bond motifs is 2. The number of imidazole rings is 2. The van der Waals surface area contributed by atoms with Crippen molar-refractivity contribution in [3.8, 4) is 11.5 Å². The van der Waals surface area contributed by atoms with E-state index in [9.17, 15) is 33.6 Å². The molecule has 27 heteroatoms. The first-order valence-electron chi connectivity index (χ1n) is 24.2. The quantitative estimate of drug-likeness (QED) is 0.0268. The predicted octanol–water partition coefficient (Wildman–Crippen LogP) is 2.09. The molecule has 4 heterocycles. The fourth-order valence-electron chi connectivity index (χ4n) is 7.12. The van der Waals surface area contributed by atoms with Crippen molar-refractivity contribution >= 4 is 85.3 Å². The zero-order chi connectivity index (χ0) is 54.1. The van der Waals surface area contributed by atoms with Gasteiger partial charge in [0.15, 0.2) is 9.92 Å². The van der Waals surface area contributed by atoms with E-state index in [1.165, 1.54) is 49.0 Å². The van der Waals surface area contributed by atoms with Crippen LogP contribution in [0.3, 0.4) is 0 Å². The highest BCUT2D eigenvalue weighted by atomic mass is 32.1. The minimum absolute atomic E-state index is 0.0701. The van der Waals surface area contributed by atoms with Crippen LogP contribution in [0.5, 0.6) is 11.5 Å². The number of nitrogens with zero attached hydrogens (tertiary/aromatic N) is 4. The summed E-state index contributed by atoms with van der Waals surface area (Å²) in [6.45, 7) is 1.68. The van der Waals surface area contributed by atoms with Gasteiger partial charge in [-0.2, -0.15) is 0 Å². The van der Waals surface area contributed by atoms with Crippen LogP contribution >= 0.6 is 22.7 Å². The second-order valence-electron chi connectivity index (χ2n) is 16.4. The molecule has 0 radical (unpaired) electrons. The topological polar surface area (TPSA) is 320 Å². The van der Waals surface area contributed by atoms with E-state index >= 15 is 0 Å². The summed E-state index contributed by atoms with van der Waals surface area (Å²) in [7, 11) is 2.87. The summed E-state index contributed by atoms with van der Waals surface area (Å²) in [4.78, 5) is 99.5. The molecular formula is C49H62N12O13S2. The number of unbranched alkanes of at least 4 members (excludes halogenated alkanes) is 1. The van der Waals surface area contributed by atoms with E-state index in [1.54, 1.807) is 57.9 Å². The third kappa shape index (κ3) is 18.1. The molecule has 6 aromatic rings. The molecule has 408 valence electrons. The van der Waals surface area contributed by atoms with Gasteiger partial charge in [0, 0.05) is 73.1 Å². The largest absolute Gasteiger partial charge is 0.496 e. The van der Waals surface area contributed by atoms with Crippen LogP contribution in [0, 0.1) is 0 Å². The van der Waals surface area contributed by atoms with Gasteiger partial charge in [-0.05, 0) is 68.6 Å². The number of hydrogen-bond donors (Lipinski definition) is 8. The molecule has 0 unspecified atom stereocenters. The highest BCUT2D eigenvalue weighted by Crippen LogP contribution is 2.25. The van der Waals surface area contributed by atoms with Crippen LogP contribution in [0.1, 0.15) is 67.4 Å². The van der Waals surface area contributed by atoms with Gasteiger partial charge in [-0.25, -0.2) is 9.97 Å². The molecule has 7 amide bonds. The Kier molecular flexibility index (Phi) is 23.4. The zero-order valence-electron chi connectivity index (χ0n) is 42.0. The molecule has 0 aliphatic heterocycles. The number of carbonyl (C=O) groups is 7. The van der Waals surface area contributed by atoms with Crippen molar-refractivity contribution in [3.63, 3.8) is 0 Å². The van der Waals surface area contributed by atoms with Gasteiger partial charge in [-0.15, -0.1) is 22.7 Å². The van der Waals surface area contributed by atoms with Crippen molar-refractivity contribution in [2.75, 3.05) is 110 Å².